The van der Waals surface area contributed by atoms with Crippen molar-refractivity contribution in [2.75, 3.05) is 0 Å². The van der Waals surface area contributed by atoms with Crippen LogP contribution in [-0.2, 0) is 16.0 Å². The van der Waals surface area contributed by atoms with E-state index in [0.717, 1.165) is 25.7 Å². The minimum absolute atomic E-state index is 0.168. The van der Waals surface area contributed by atoms with Gasteiger partial charge in [0.15, 0.2) is 0 Å². The standard InChI is InChI=1S/C19H22O3/c1-14(19(21)22)18(20)10-4-2-3-7-15-11-12-16-8-5-6-9-17(16)13-15/h5-6,8-9,11-14H,2-4,7,10H2,1H3,(H,21,22)/t14-/m1/s1. The van der Waals surface area contributed by atoms with Crippen molar-refractivity contribution in [3.05, 3.63) is 48.0 Å². The van der Waals surface area contributed by atoms with Crippen LogP contribution in [0.15, 0.2) is 42.5 Å². The summed E-state index contributed by atoms with van der Waals surface area (Å²) < 4.78 is 0. The van der Waals surface area contributed by atoms with Crippen LogP contribution in [0.5, 0.6) is 0 Å². The average Bonchev–Trinajstić information content (AvgIpc) is 2.53. The van der Waals surface area contributed by atoms with Crippen LogP contribution in [0.25, 0.3) is 10.8 Å². The summed E-state index contributed by atoms with van der Waals surface area (Å²) in [6.07, 6.45) is 4.10. The van der Waals surface area contributed by atoms with Gasteiger partial charge in [0.05, 0.1) is 0 Å². The van der Waals surface area contributed by atoms with Gasteiger partial charge in [0.1, 0.15) is 11.7 Å². The molecular weight excluding hydrogens is 276 g/mol. The fourth-order valence-electron chi connectivity index (χ4n) is 2.55. The molecule has 116 valence electrons. The van der Waals surface area contributed by atoms with Gasteiger partial charge < -0.3 is 5.11 Å². The predicted octanol–water partition coefficient (Wildman–Crippen LogP) is 4.23. The lowest BCUT2D eigenvalue weighted by Crippen LogP contribution is -2.20. The summed E-state index contributed by atoms with van der Waals surface area (Å²) in [6, 6.07) is 14.8. The quantitative estimate of drug-likeness (QED) is 0.586. The van der Waals surface area contributed by atoms with E-state index in [9.17, 15) is 9.59 Å². The molecule has 0 heterocycles. The summed E-state index contributed by atoms with van der Waals surface area (Å²) in [5.41, 5.74) is 1.31. The third-order valence-corrected chi connectivity index (χ3v) is 4.06. The Kier molecular flexibility index (Phi) is 5.70. The van der Waals surface area contributed by atoms with Crippen molar-refractivity contribution in [3.63, 3.8) is 0 Å². The Morgan fingerprint density at radius 3 is 2.45 bits per heavy atom. The summed E-state index contributed by atoms with van der Waals surface area (Å²) in [7, 11) is 0. The number of fused-ring (bicyclic) bond motifs is 1. The lowest BCUT2D eigenvalue weighted by molar-refractivity contribution is -0.145. The van der Waals surface area contributed by atoms with Crippen LogP contribution >= 0.6 is 0 Å². The van der Waals surface area contributed by atoms with E-state index in [1.807, 2.05) is 12.1 Å². The Labute approximate surface area is 131 Å². The molecule has 3 heteroatoms. The van der Waals surface area contributed by atoms with Gasteiger partial charge in [-0.1, -0.05) is 48.9 Å². The fourth-order valence-corrected chi connectivity index (χ4v) is 2.55. The minimum atomic E-state index is -1.03. The van der Waals surface area contributed by atoms with Crippen LogP contribution in [0.1, 0.15) is 38.2 Å². The fraction of sp³-hybridized carbons (Fsp3) is 0.368. The molecule has 0 saturated carbocycles. The highest BCUT2D eigenvalue weighted by Crippen LogP contribution is 2.17. The molecule has 0 spiro atoms. The van der Waals surface area contributed by atoms with Crippen molar-refractivity contribution in [1.82, 2.24) is 0 Å². The second-order valence-electron chi connectivity index (χ2n) is 5.77. The van der Waals surface area contributed by atoms with Gasteiger partial charge in [-0.3, -0.25) is 9.59 Å². The van der Waals surface area contributed by atoms with Crippen LogP contribution < -0.4 is 0 Å². The Morgan fingerprint density at radius 2 is 1.73 bits per heavy atom. The van der Waals surface area contributed by atoms with E-state index >= 15 is 0 Å². The van der Waals surface area contributed by atoms with Crippen molar-refractivity contribution in [2.45, 2.75) is 39.0 Å². The average molecular weight is 298 g/mol. The maximum absolute atomic E-state index is 11.6. The molecule has 0 unspecified atom stereocenters. The molecular formula is C19H22O3. The van der Waals surface area contributed by atoms with Crippen molar-refractivity contribution in [1.29, 1.82) is 0 Å². The third-order valence-electron chi connectivity index (χ3n) is 4.06. The van der Waals surface area contributed by atoms with Crippen molar-refractivity contribution >= 4 is 22.5 Å². The van der Waals surface area contributed by atoms with Crippen LogP contribution in [-0.4, -0.2) is 16.9 Å². The smallest absolute Gasteiger partial charge is 0.313 e. The molecule has 0 radical (unpaired) electrons. The maximum Gasteiger partial charge on any atom is 0.313 e. The zero-order chi connectivity index (χ0) is 15.9. The Morgan fingerprint density at radius 1 is 1.00 bits per heavy atom. The van der Waals surface area contributed by atoms with Crippen LogP contribution in [0.4, 0.5) is 0 Å². The van der Waals surface area contributed by atoms with E-state index in [1.165, 1.54) is 23.3 Å². The number of rotatable bonds is 8. The van der Waals surface area contributed by atoms with Crippen LogP contribution in [0.2, 0.25) is 0 Å². The SMILES string of the molecule is C[C@@H](C(=O)O)C(=O)CCCCCc1ccc2ccccc2c1. The summed E-state index contributed by atoms with van der Waals surface area (Å²) in [5.74, 6) is -2.07. The number of benzene rings is 2. The van der Waals surface area contributed by atoms with Crippen molar-refractivity contribution in [3.8, 4) is 0 Å². The van der Waals surface area contributed by atoms with E-state index in [1.54, 1.807) is 0 Å². The lowest BCUT2D eigenvalue weighted by Gasteiger charge is -2.06. The van der Waals surface area contributed by atoms with Crippen molar-refractivity contribution in [2.24, 2.45) is 5.92 Å². The monoisotopic (exact) mass is 298 g/mol. The number of aliphatic carboxylic acids is 1. The number of ketones is 1. The van der Waals surface area contributed by atoms with Crippen molar-refractivity contribution < 1.29 is 14.7 Å². The maximum atomic E-state index is 11.6. The van der Waals surface area contributed by atoms with Crippen LogP contribution in [0, 0.1) is 5.92 Å². The highest BCUT2D eigenvalue weighted by molar-refractivity contribution is 5.97. The number of unbranched alkanes of at least 4 members (excludes halogenated alkanes) is 2. The first kappa shape index (κ1) is 16.2. The van der Waals surface area contributed by atoms with Gasteiger partial charge in [0.2, 0.25) is 0 Å². The molecule has 2 aromatic carbocycles. The molecule has 0 aliphatic carbocycles. The predicted molar refractivity (Wildman–Crippen MR) is 87.9 cm³/mol. The number of carbonyl (C=O) groups excluding carboxylic acids is 1. The number of Topliss-reactive ketones (excluding diaryl/α,β-unsaturated/α-hetero) is 1. The lowest BCUT2D eigenvalue weighted by atomic mass is 9.99. The molecule has 0 aliphatic heterocycles. The molecule has 0 saturated heterocycles. The Hall–Kier alpha value is -2.16. The number of carbonyl (C=O) groups is 2. The highest BCUT2D eigenvalue weighted by Gasteiger charge is 2.19. The first-order chi connectivity index (χ1) is 10.6. The molecule has 1 atom stereocenters. The van der Waals surface area contributed by atoms with Gasteiger partial charge in [0.25, 0.3) is 0 Å². The summed E-state index contributed by atoms with van der Waals surface area (Å²) in [4.78, 5) is 22.3. The molecule has 0 aliphatic rings. The molecule has 22 heavy (non-hydrogen) atoms. The minimum Gasteiger partial charge on any atom is -0.481 e. The number of aryl methyl sites for hydroxylation is 1. The molecule has 0 bridgehead atoms. The number of carboxylic acids is 1. The van der Waals surface area contributed by atoms with E-state index in [2.05, 4.69) is 30.3 Å². The molecule has 1 N–H and O–H groups in total. The number of hydrogen-bond donors (Lipinski definition) is 1. The van der Waals surface area contributed by atoms with Gasteiger partial charge >= 0.3 is 5.97 Å². The first-order valence-electron chi connectivity index (χ1n) is 7.81. The molecule has 0 fully saturated rings. The third kappa shape index (κ3) is 4.42. The zero-order valence-electron chi connectivity index (χ0n) is 12.9. The first-order valence-corrected chi connectivity index (χ1v) is 7.81. The molecule has 2 rings (SSSR count). The molecule has 0 aromatic heterocycles. The van der Waals surface area contributed by atoms with E-state index in [-0.39, 0.29) is 5.78 Å². The second-order valence-corrected chi connectivity index (χ2v) is 5.77. The van der Waals surface area contributed by atoms with E-state index in [4.69, 9.17) is 5.11 Å². The largest absolute Gasteiger partial charge is 0.481 e. The van der Waals surface area contributed by atoms with Crippen LogP contribution in [0.3, 0.4) is 0 Å². The van der Waals surface area contributed by atoms with E-state index in [0.29, 0.717) is 6.42 Å². The summed E-state index contributed by atoms with van der Waals surface area (Å²) in [6.45, 7) is 1.46. The Balaban J connectivity index is 1.74. The number of carboxylic acid groups (broad SMARTS) is 1. The van der Waals surface area contributed by atoms with Gasteiger partial charge in [-0.25, -0.2) is 0 Å². The highest BCUT2D eigenvalue weighted by atomic mass is 16.4. The van der Waals surface area contributed by atoms with Gasteiger partial charge in [-0.2, -0.15) is 0 Å². The number of hydrogen-bond acceptors (Lipinski definition) is 2. The zero-order valence-corrected chi connectivity index (χ0v) is 12.9. The topological polar surface area (TPSA) is 54.4 Å². The van der Waals surface area contributed by atoms with Gasteiger partial charge in [-0.15, -0.1) is 0 Å². The van der Waals surface area contributed by atoms with E-state index < -0.39 is 11.9 Å². The molecule has 3 nitrogen and oxygen atoms in total. The Bertz CT molecular complexity index is 661. The van der Waals surface area contributed by atoms with Gasteiger partial charge in [-0.05, 0) is 42.5 Å². The van der Waals surface area contributed by atoms with Gasteiger partial charge in [0, 0.05) is 6.42 Å². The second kappa shape index (κ2) is 7.74. The molecule has 0 amide bonds. The normalized spacial score (nSPS) is 12.2. The summed E-state index contributed by atoms with van der Waals surface area (Å²) >= 11 is 0. The summed E-state index contributed by atoms with van der Waals surface area (Å²) in [5, 5.41) is 11.3. The molecule has 2 aromatic rings.